The number of rotatable bonds is 3. The second-order valence-electron chi connectivity index (χ2n) is 7.22. The van der Waals surface area contributed by atoms with Gasteiger partial charge in [0.25, 0.3) is 0 Å². The first-order valence-corrected chi connectivity index (χ1v) is 9.55. The van der Waals surface area contributed by atoms with Crippen LogP contribution in [0.3, 0.4) is 0 Å². The first-order valence-electron chi connectivity index (χ1n) is 8.67. The molecule has 2 fully saturated rings. The van der Waals surface area contributed by atoms with Gasteiger partial charge in [-0.3, -0.25) is 4.90 Å². The molecule has 1 aromatic heterocycles. The molecule has 0 bridgehead atoms. The molecule has 2 aliphatic heterocycles. The summed E-state index contributed by atoms with van der Waals surface area (Å²) in [4.78, 5) is 7.48. The van der Waals surface area contributed by atoms with E-state index in [1.807, 2.05) is 0 Å². The molecule has 0 radical (unpaired) electrons. The lowest BCUT2D eigenvalue weighted by Crippen LogP contribution is -2.38. The minimum atomic E-state index is 0.584. The van der Waals surface area contributed by atoms with Gasteiger partial charge in [0, 0.05) is 24.0 Å². The van der Waals surface area contributed by atoms with Gasteiger partial charge in [0.2, 0.25) is 0 Å². The third kappa shape index (κ3) is 3.35. The SMILES string of the molecule is Cc1ccc(-c2nc(CN3CCC4(CCNCC4)C3)cs2)cc1. The summed E-state index contributed by atoms with van der Waals surface area (Å²) in [5, 5.41) is 6.88. The minimum absolute atomic E-state index is 0.584. The molecule has 0 amide bonds. The molecule has 3 nitrogen and oxygen atoms in total. The van der Waals surface area contributed by atoms with Gasteiger partial charge in [-0.15, -0.1) is 11.3 Å². The molecule has 0 saturated carbocycles. The Kier molecular flexibility index (Phi) is 4.22. The number of aromatic nitrogens is 1. The fourth-order valence-electron chi connectivity index (χ4n) is 3.97. The highest BCUT2D eigenvalue weighted by Crippen LogP contribution is 2.39. The van der Waals surface area contributed by atoms with Crippen molar-refractivity contribution in [3.8, 4) is 10.6 Å². The fourth-order valence-corrected chi connectivity index (χ4v) is 4.78. The number of thiazole rings is 1. The van der Waals surface area contributed by atoms with Crippen LogP contribution in [0.5, 0.6) is 0 Å². The summed E-state index contributed by atoms with van der Waals surface area (Å²) < 4.78 is 0. The lowest BCUT2D eigenvalue weighted by Gasteiger charge is -2.33. The molecule has 122 valence electrons. The van der Waals surface area contributed by atoms with Crippen LogP contribution in [0.15, 0.2) is 29.6 Å². The quantitative estimate of drug-likeness (QED) is 0.932. The lowest BCUT2D eigenvalue weighted by molar-refractivity contribution is 0.193. The maximum atomic E-state index is 4.87. The molecular weight excluding hydrogens is 302 g/mol. The first kappa shape index (κ1) is 15.3. The summed E-state index contributed by atoms with van der Waals surface area (Å²) in [5.41, 5.74) is 4.36. The predicted octanol–water partition coefficient (Wildman–Crippen LogP) is 3.69. The van der Waals surface area contributed by atoms with E-state index in [2.05, 4.69) is 46.8 Å². The summed E-state index contributed by atoms with van der Waals surface area (Å²) in [6.07, 6.45) is 4.05. The van der Waals surface area contributed by atoms with Crippen molar-refractivity contribution in [2.24, 2.45) is 5.41 Å². The average Bonchev–Trinajstić information content (AvgIpc) is 3.17. The van der Waals surface area contributed by atoms with E-state index in [9.17, 15) is 0 Å². The molecule has 2 saturated heterocycles. The van der Waals surface area contributed by atoms with Crippen molar-refractivity contribution in [3.63, 3.8) is 0 Å². The van der Waals surface area contributed by atoms with Gasteiger partial charge in [-0.2, -0.15) is 0 Å². The Hall–Kier alpha value is -1.23. The number of nitrogens with zero attached hydrogens (tertiary/aromatic N) is 2. The van der Waals surface area contributed by atoms with Gasteiger partial charge in [-0.25, -0.2) is 4.98 Å². The van der Waals surface area contributed by atoms with Gasteiger partial charge in [0.1, 0.15) is 5.01 Å². The zero-order chi connectivity index (χ0) is 15.7. The van der Waals surface area contributed by atoms with Gasteiger partial charge in [0.15, 0.2) is 0 Å². The van der Waals surface area contributed by atoms with Crippen LogP contribution in [-0.2, 0) is 6.54 Å². The molecule has 2 aromatic rings. The van der Waals surface area contributed by atoms with Crippen LogP contribution in [0.2, 0.25) is 0 Å². The van der Waals surface area contributed by atoms with Gasteiger partial charge in [0.05, 0.1) is 5.69 Å². The van der Waals surface area contributed by atoms with Gasteiger partial charge < -0.3 is 5.32 Å². The van der Waals surface area contributed by atoms with Crippen molar-refractivity contribution in [2.45, 2.75) is 32.7 Å². The van der Waals surface area contributed by atoms with Crippen LogP contribution < -0.4 is 5.32 Å². The van der Waals surface area contributed by atoms with E-state index >= 15 is 0 Å². The molecule has 1 aromatic carbocycles. The van der Waals surface area contributed by atoms with E-state index in [-0.39, 0.29) is 0 Å². The molecule has 0 atom stereocenters. The second kappa shape index (κ2) is 6.34. The number of piperidine rings is 1. The van der Waals surface area contributed by atoms with Gasteiger partial charge in [-0.1, -0.05) is 29.8 Å². The second-order valence-corrected chi connectivity index (χ2v) is 8.08. The van der Waals surface area contributed by atoms with Crippen LogP contribution in [0.1, 0.15) is 30.5 Å². The monoisotopic (exact) mass is 327 g/mol. The number of likely N-dealkylation sites (tertiary alicyclic amines) is 1. The van der Waals surface area contributed by atoms with Crippen LogP contribution in [0.25, 0.3) is 10.6 Å². The normalized spacial score (nSPS) is 21.1. The molecule has 23 heavy (non-hydrogen) atoms. The van der Waals surface area contributed by atoms with Crippen molar-refractivity contribution >= 4 is 11.3 Å². The molecular formula is C19H25N3S. The summed E-state index contributed by atoms with van der Waals surface area (Å²) in [6.45, 7) is 8.02. The molecule has 1 spiro atoms. The third-order valence-electron chi connectivity index (χ3n) is 5.42. The van der Waals surface area contributed by atoms with Crippen molar-refractivity contribution in [3.05, 3.63) is 40.9 Å². The topological polar surface area (TPSA) is 28.2 Å². The van der Waals surface area contributed by atoms with E-state index in [1.54, 1.807) is 11.3 Å². The van der Waals surface area contributed by atoms with Crippen molar-refractivity contribution < 1.29 is 0 Å². The zero-order valence-electron chi connectivity index (χ0n) is 13.8. The van der Waals surface area contributed by atoms with Crippen molar-refractivity contribution in [1.29, 1.82) is 0 Å². The minimum Gasteiger partial charge on any atom is -0.317 e. The third-order valence-corrected chi connectivity index (χ3v) is 6.36. The molecule has 4 heteroatoms. The number of nitrogens with one attached hydrogen (secondary N) is 1. The first-order chi connectivity index (χ1) is 11.2. The molecule has 0 aliphatic carbocycles. The van der Waals surface area contributed by atoms with Crippen LogP contribution in [0.4, 0.5) is 0 Å². The highest BCUT2D eigenvalue weighted by atomic mass is 32.1. The van der Waals surface area contributed by atoms with E-state index in [1.165, 1.54) is 62.3 Å². The lowest BCUT2D eigenvalue weighted by atomic mass is 9.78. The predicted molar refractivity (Wildman–Crippen MR) is 96.7 cm³/mol. The highest BCUT2D eigenvalue weighted by Gasteiger charge is 2.38. The number of hydrogen-bond acceptors (Lipinski definition) is 4. The van der Waals surface area contributed by atoms with Gasteiger partial charge >= 0.3 is 0 Å². The van der Waals surface area contributed by atoms with Gasteiger partial charge in [-0.05, 0) is 51.2 Å². The summed E-state index contributed by atoms with van der Waals surface area (Å²) in [5.74, 6) is 0. The Morgan fingerprint density at radius 3 is 2.74 bits per heavy atom. The Labute approximate surface area is 142 Å². The largest absolute Gasteiger partial charge is 0.317 e. The number of benzene rings is 1. The zero-order valence-corrected chi connectivity index (χ0v) is 14.7. The Bertz CT molecular complexity index is 656. The van der Waals surface area contributed by atoms with E-state index < -0.39 is 0 Å². The van der Waals surface area contributed by atoms with E-state index in [4.69, 9.17) is 4.98 Å². The van der Waals surface area contributed by atoms with Crippen molar-refractivity contribution in [2.75, 3.05) is 26.2 Å². The summed E-state index contributed by atoms with van der Waals surface area (Å²) in [7, 11) is 0. The van der Waals surface area contributed by atoms with E-state index in [0.717, 1.165) is 11.6 Å². The fraction of sp³-hybridized carbons (Fsp3) is 0.526. The van der Waals surface area contributed by atoms with Crippen molar-refractivity contribution in [1.82, 2.24) is 15.2 Å². The van der Waals surface area contributed by atoms with Crippen LogP contribution in [-0.4, -0.2) is 36.1 Å². The Balaban J connectivity index is 1.41. The van der Waals surface area contributed by atoms with Crippen LogP contribution >= 0.6 is 11.3 Å². The summed E-state index contributed by atoms with van der Waals surface area (Å²) >= 11 is 1.77. The highest BCUT2D eigenvalue weighted by molar-refractivity contribution is 7.13. The maximum Gasteiger partial charge on any atom is 0.123 e. The molecule has 3 heterocycles. The Morgan fingerprint density at radius 2 is 1.96 bits per heavy atom. The maximum absolute atomic E-state index is 4.87. The number of hydrogen-bond donors (Lipinski definition) is 1. The number of aryl methyl sites for hydroxylation is 1. The summed E-state index contributed by atoms with van der Waals surface area (Å²) in [6, 6.07) is 8.69. The Morgan fingerprint density at radius 1 is 1.17 bits per heavy atom. The molecule has 1 N–H and O–H groups in total. The average molecular weight is 327 g/mol. The molecule has 4 rings (SSSR count). The van der Waals surface area contributed by atoms with E-state index in [0.29, 0.717) is 5.41 Å². The molecule has 0 unspecified atom stereocenters. The molecule has 2 aliphatic rings. The van der Waals surface area contributed by atoms with Crippen LogP contribution in [0, 0.1) is 12.3 Å². The smallest absolute Gasteiger partial charge is 0.123 e. The standard InChI is InChI=1S/C19H25N3S/c1-15-2-4-16(5-3-15)18-21-17(13-23-18)12-22-11-8-19(14-22)6-9-20-10-7-19/h2-5,13,20H,6-12,14H2,1H3.